The zero-order valence-electron chi connectivity index (χ0n) is 13.7. The molecule has 132 valence electrons. The first-order valence-electron chi connectivity index (χ1n) is 7.57. The Hall–Kier alpha value is -2.41. The first-order valence-corrected chi connectivity index (χ1v) is 8.73. The fourth-order valence-electron chi connectivity index (χ4n) is 2.30. The molecule has 0 aliphatic rings. The van der Waals surface area contributed by atoms with Crippen molar-refractivity contribution in [2.45, 2.75) is 0 Å². The molecule has 0 aliphatic heterocycles. The van der Waals surface area contributed by atoms with E-state index in [1.165, 1.54) is 4.68 Å². The third-order valence-electron chi connectivity index (χ3n) is 3.51. The summed E-state index contributed by atoms with van der Waals surface area (Å²) >= 11 is 17.4. The van der Waals surface area contributed by atoms with Crippen LogP contribution in [-0.4, -0.2) is 28.2 Å². The lowest BCUT2D eigenvalue weighted by atomic mass is 10.2. The molecule has 0 amide bonds. The van der Waals surface area contributed by atoms with E-state index in [-0.39, 0.29) is 0 Å². The lowest BCUT2D eigenvalue weighted by Gasteiger charge is -2.04. The fourth-order valence-corrected chi connectivity index (χ4v) is 2.97. The number of aromatic amines is 1. The highest BCUT2D eigenvalue weighted by Crippen LogP contribution is 2.29. The Morgan fingerprint density at radius 1 is 1.23 bits per heavy atom. The van der Waals surface area contributed by atoms with Crippen LogP contribution in [0.15, 0.2) is 53.6 Å². The maximum absolute atomic E-state index is 6.25. The number of halogens is 2. The van der Waals surface area contributed by atoms with Gasteiger partial charge in [-0.3, -0.25) is 0 Å². The van der Waals surface area contributed by atoms with Gasteiger partial charge in [0.25, 0.3) is 0 Å². The van der Waals surface area contributed by atoms with Crippen molar-refractivity contribution in [3.05, 3.63) is 68.9 Å². The molecule has 0 radical (unpaired) electrons. The van der Waals surface area contributed by atoms with Crippen molar-refractivity contribution in [1.82, 2.24) is 14.9 Å². The molecule has 0 saturated heterocycles. The van der Waals surface area contributed by atoms with E-state index in [9.17, 15) is 0 Å². The molecule has 3 rings (SSSR count). The molecule has 0 aliphatic carbocycles. The number of ether oxygens (including phenoxy) is 1. The molecule has 3 aromatic rings. The van der Waals surface area contributed by atoms with E-state index in [0.717, 1.165) is 11.3 Å². The minimum atomic E-state index is 0.355. The molecule has 0 atom stereocenters. The standard InChI is InChI=1S/C18H14Cl2N4OS/c1-25-16-7-3-2-5-12(16)6-4-10-21-24-17(22-23-18(24)26)14-9-8-13(19)11-15(14)20/h2-11H,1H3,(H,23,26)/b6-4-,21-10?. The normalized spacial score (nSPS) is 11.5. The number of benzene rings is 2. The van der Waals surface area contributed by atoms with Crippen molar-refractivity contribution in [2.24, 2.45) is 5.10 Å². The van der Waals surface area contributed by atoms with Crippen LogP contribution >= 0.6 is 35.4 Å². The van der Waals surface area contributed by atoms with Gasteiger partial charge in [0.05, 0.1) is 12.1 Å². The van der Waals surface area contributed by atoms with Crippen LogP contribution in [0.1, 0.15) is 5.56 Å². The average Bonchev–Trinajstić information content (AvgIpc) is 2.99. The summed E-state index contributed by atoms with van der Waals surface area (Å²) in [6, 6.07) is 12.8. The number of hydrogen-bond donors (Lipinski definition) is 1. The van der Waals surface area contributed by atoms with Gasteiger partial charge in [0.2, 0.25) is 4.77 Å². The fraction of sp³-hybridized carbons (Fsp3) is 0.0556. The van der Waals surface area contributed by atoms with Crippen LogP contribution < -0.4 is 4.74 Å². The number of nitrogens with one attached hydrogen (secondary N) is 1. The number of aromatic nitrogens is 3. The van der Waals surface area contributed by atoms with Crippen molar-refractivity contribution >= 4 is 47.7 Å². The van der Waals surface area contributed by atoms with Crippen LogP contribution in [0.3, 0.4) is 0 Å². The van der Waals surface area contributed by atoms with Crippen LogP contribution in [0.4, 0.5) is 0 Å². The molecule has 0 spiro atoms. The monoisotopic (exact) mass is 404 g/mol. The molecule has 8 heteroatoms. The Morgan fingerprint density at radius 2 is 2.04 bits per heavy atom. The van der Waals surface area contributed by atoms with E-state index in [1.807, 2.05) is 30.3 Å². The molecule has 5 nitrogen and oxygen atoms in total. The topological polar surface area (TPSA) is 55.2 Å². The highest BCUT2D eigenvalue weighted by Gasteiger charge is 2.12. The summed E-state index contributed by atoms with van der Waals surface area (Å²) in [6.45, 7) is 0. The number of methoxy groups -OCH3 is 1. The van der Waals surface area contributed by atoms with Crippen LogP contribution in [0.25, 0.3) is 17.5 Å². The molecule has 0 unspecified atom stereocenters. The Bertz CT molecular complexity index is 1040. The van der Waals surface area contributed by atoms with Crippen molar-refractivity contribution < 1.29 is 4.74 Å². The zero-order chi connectivity index (χ0) is 18.5. The first-order chi connectivity index (χ1) is 12.6. The Balaban J connectivity index is 1.89. The molecule has 1 N–H and O–H groups in total. The average molecular weight is 405 g/mol. The quantitative estimate of drug-likeness (QED) is 0.452. The second-order valence-corrected chi connectivity index (χ2v) is 6.38. The molecule has 1 aromatic heterocycles. The van der Waals surface area contributed by atoms with Gasteiger partial charge in [-0.1, -0.05) is 41.4 Å². The van der Waals surface area contributed by atoms with Gasteiger partial charge >= 0.3 is 0 Å². The van der Waals surface area contributed by atoms with E-state index >= 15 is 0 Å². The summed E-state index contributed by atoms with van der Waals surface area (Å²) in [5.74, 6) is 1.28. The highest BCUT2D eigenvalue weighted by atomic mass is 35.5. The van der Waals surface area contributed by atoms with Crippen LogP contribution in [0, 0.1) is 4.77 Å². The number of allylic oxidation sites excluding steroid dienone is 1. The van der Waals surface area contributed by atoms with Crippen molar-refractivity contribution in [2.75, 3.05) is 7.11 Å². The van der Waals surface area contributed by atoms with Gasteiger partial charge in [0.15, 0.2) is 5.82 Å². The van der Waals surface area contributed by atoms with Gasteiger partial charge in [0, 0.05) is 22.4 Å². The van der Waals surface area contributed by atoms with Crippen LogP contribution in [0.5, 0.6) is 5.75 Å². The van der Waals surface area contributed by atoms with Gasteiger partial charge < -0.3 is 4.74 Å². The highest BCUT2D eigenvalue weighted by molar-refractivity contribution is 7.71. The number of rotatable bonds is 5. The summed E-state index contributed by atoms with van der Waals surface area (Å²) in [6.07, 6.45) is 5.30. The maximum atomic E-state index is 6.25. The summed E-state index contributed by atoms with van der Waals surface area (Å²) in [5.41, 5.74) is 1.62. The lowest BCUT2D eigenvalue weighted by Crippen LogP contribution is -1.94. The van der Waals surface area contributed by atoms with Gasteiger partial charge in [-0.2, -0.15) is 14.9 Å². The predicted octanol–water partition coefficient (Wildman–Crippen LogP) is 5.47. The minimum absolute atomic E-state index is 0.355. The summed E-state index contributed by atoms with van der Waals surface area (Å²) in [4.78, 5) is 0. The SMILES string of the molecule is COc1ccccc1/C=C\C=Nn1c(-c2ccc(Cl)cc2Cl)n[nH]c1=S. The zero-order valence-corrected chi connectivity index (χ0v) is 16.0. The third-order valence-corrected chi connectivity index (χ3v) is 4.32. The first kappa shape index (κ1) is 18.4. The number of hydrogen-bond acceptors (Lipinski definition) is 4. The molecule has 26 heavy (non-hydrogen) atoms. The smallest absolute Gasteiger partial charge is 0.216 e. The molecule has 0 saturated carbocycles. The van der Waals surface area contributed by atoms with Gasteiger partial charge in [-0.05, 0) is 48.6 Å². The van der Waals surface area contributed by atoms with Crippen LogP contribution in [-0.2, 0) is 0 Å². The molecule has 2 aromatic carbocycles. The largest absolute Gasteiger partial charge is 0.496 e. The van der Waals surface area contributed by atoms with Gasteiger partial charge in [0.1, 0.15) is 5.75 Å². The molecular formula is C18H14Cl2N4OS. The van der Waals surface area contributed by atoms with E-state index in [1.54, 1.807) is 37.6 Å². The second-order valence-electron chi connectivity index (χ2n) is 5.15. The van der Waals surface area contributed by atoms with Crippen molar-refractivity contribution in [3.63, 3.8) is 0 Å². The Labute approximate surface area is 165 Å². The van der Waals surface area contributed by atoms with E-state index in [2.05, 4.69) is 15.3 Å². The van der Waals surface area contributed by atoms with Crippen LogP contribution in [0.2, 0.25) is 10.0 Å². The molecule has 0 fully saturated rings. The number of nitrogens with zero attached hydrogens (tertiary/aromatic N) is 3. The minimum Gasteiger partial charge on any atom is -0.496 e. The summed E-state index contributed by atoms with van der Waals surface area (Å²) in [5, 5.41) is 12.3. The van der Waals surface area contributed by atoms with Gasteiger partial charge in [-0.25, -0.2) is 5.10 Å². The number of para-hydroxylation sites is 1. The molecule has 0 bridgehead atoms. The van der Waals surface area contributed by atoms with E-state index in [4.69, 9.17) is 40.2 Å². The summed E-state index contributed by atoms with van der Waals surface area (Å²) < 4.78 is 7.16. The second kappa shape index (κ2) is 8.31. The number of H-pyrrole nitrogens is 1. The Kier molecular flexibility index (Phi) is 5.88. The lowest BCUT2D eigenvalue weighted by molar-refractivity contribution is 0.414. The van der Waals surface area contributed by atoms with Gasteiger partial charge in [-0.15, -0.1) is 0 Å². The Morgan fingerprint density at radius 3 is 2.81 bits per heavy atom. The van der Waals surface area contributed by atoms with Crippen molar-refractivity contribution in [1.29, 1.82) is 0 Å². The predicted molar refractivity (Wildman–Crippen MR) is 109 cm³/mol. The van der Waals surface area contributed by atoms with E-state index < -0.39 is 0 Å². The van der Waals surface area contributed by atoms with E-state index in [0.29, 0.717) is 26.2 Å². The molecule has 1 heterocycles. The van der Waals surface area contributed by atoms with Crippen molar-refractivity contribution in [3.8, 4) is 17.1 Å². The maximum Gasteiger partial charge on any atom is 0.216 e. The summed E-state index contributed by atoms with van der Waals surface area (Å²) in [7, 11) is 1.63. The molecular weight excluding hydrogens is 391 g/mol. The third kappa shape index (κ3) is 4.04.